The lowest BCUT2D eigenvalue weighted by atomic mass is 9.81. The van der Waals surface area contributed by atoms with Crippen LogP contribution in [0.4, 0.5) is 0 Å². The summed E-state index contributed by atoms with van der Waals surface area (Å²) in [4.78, 5) is 0. The number of fused-ring (bicyclic) bond motifs is 1. The Hall–Kier alpha value is -0.670. The third-order valence-corrected chi connectivity index (χ3v) is 6.25. The van der Waals surface area contributed by atoms with Crippen LogP contribution in [0.15, 0.2) is 24.3 Å². The quantitative estimate of drug-likeness (QED) is 0.809. The van der Waals surface area contributed by atoms with E-state index in [0.717, 1.165) is 18.6 Å². The highest BCUT2D eigenvalue weighted by Crippen LogP contribution is 2.39. The van der Waals surface area contributed by atoms with Gasteiger partial charge in [-0.05, 0) is 36.9 Å². The standard InChI is InChI=1S/C17H27NOS/c1-4-5-8-11-20(19)16-12-13(2)14-9-6-7-10-15(14)17(16)18-3/h6-7,9-10,13,16-18H,4-5,8,11-12H2,1-3H3. The number of rotatable bonds is 6. The Labute approximate surface area is 125 Å². The molecule has 2 nitrogen and oxygen atoms in total. The fraction of sp³-hybridized carbons (Fsp3) is 0.647. The molecule has 1 aliphatic rings. The fourth-order valence-corrected chi connectivity index (χ4v) is 5.18. The molecule has 3 heteroatoms. The maximum Gasteiger partial charge on any atom is 0.0548 e. The molecule has 1 N–H and O–H groups in total. The van der Waals surface area contributed by atoms with Gasteiger partial charge in [0.25, 0.3) is 0 Å². The Bertz CT molecular complexity index is 460. The van der Waals surface area contributed by atoms with Gasteiger partial charge in [-0.3, -0.25) is 4.21 Å². The van der Waals surface area contributed by atoms with Crippen LogP contribution in [0, 0.1) is 0 Å². The van der Waals surface area contributed by atoms with E-state index in [1.54, 1.807) is 0 Å². The van der Waals surface area contributed by atoms with Crippen molar-refractivity contribution in [2.45, 2.75) is 56.7 Å². The Balaban J connectivity index is 2.17. The number of hydrogen-bond donors (Lipinski definition) is 1. The summed E-state index contributed by atoms with van der Waals surface area (Å²) < 4.78 is 12.7. The van der Waals surface area contributed by atoms with E-state index < -0.39 is 10.8 Å². The van der Waals surface area contributed by atoms with Crippen molar-refractivity contribution in [2.75, 3.05) is 12.8 Å². The van der Waals surface area contributed by atoms with Gasteiger partial charge in [0.2, 0.25) is 0 Å². The predicted molar refractivity (Wildman–Crippen MR) is 87.6 cm³/mol. The highest BCUT2D eigenvalue weighted by Gasteiger charge is 2.35. The van der Waals surface area contributed by atoms with Crippen LogP contribution in [0.25, 0.3) is 0 Å². The van der Waals surface area contributed by atoms with Gasteiger partial charge in [0.05, 0.1) is 5.25 Å². The van der Waals surface area contributed by atoms with Crippen molar-refractivity contribution < 1.29 is 4.21 Å². The zero-order chi connectivity index (χ0) is 14.5. The van der Waals surface area contributed by atoms with Crippen LogP contribution in [-0.2, 0) is 10.8 Å². The zero-order valence-electron chi connectivity index (χ0n) is 12.9. The minimum atomic E-state index is -0.728. The second-order valence-electron chi connectivity index (χ2n) is 5.86. The lowest BCUT2D eigenvalue weighted by Gasteiger charge is -2.36. The van der Waals surface area contributed by atoms with Gasteiger partial charge in [0.1, 0.15) is 0 Å². The maximum atomic E-state index is 12.7. The molecule has 0 heterocycles. The lowest BCUT2D eigenvalue weighted by Crippen LogP contribution is -2.38. The smallest absolute Gasteiger partial charge is 0.0548 e. The molecule has 0 saturated carbocycles. The summed E-state index contributed by atoms with van der Waals surface area (Å²) >= 11 is 0. The molecule has 0 radical (unpaired) electrons. The van der Waals surface area contributed by atoms with E-state index in [0.29, 0.717) is 5.92 Å². The monoisotopic (exact) mass is 293 g/mol. The Morgan fingerprint density at radius 3 is 2.60 bits per heavy atom. The molecule has 112 valence electrons. The van der Waals surface area contributed by atoms with Gasteiger partial charge in [0, 0.05) is 22.6 Å². The lowest BCUT2D eigenvalue weighted by molar-refractivity contribution is 0.462. The molecule has 0 spiro atoms. The number of hydrogen-bond acceptors (Lipinski definition) is 2. The van der Waals surface area contributed by atoms with Gasteiger partial charge in [-0.25, -0.2) is 0 Å². The highest BCUT2D eigenvalue weighted by atomic mass is 32.2. The fourth-order valence-electron chi connectivity index (χ4n) is 3.30. The highest BCUT2D eigenvalue weighted by molar-refractivity contribution is 7.85. The van der Waals surface area contributed by atoms with Crippen molar-refractivity contribution >= 4 is 10.8 Å². The third-order valence-electron chi connectivity index (χ3n) is 4.42. The van der Waals surface area contributed by atoms with Crippen LogP contribution in [-0.4, -0.2) is 22.3 Å². The molecule has 0 aromatic heterocycles. The van der Waals surface area contributed by atoms with Crippen LogP contribution in [0.3, 0.4) is 0 Å². The van der Waals surface area contributed by atoms with Gasteiger partial charge < -0.3 is 5.32 Å². The summed E-state index contributed by atoms with van der Waals surface area (Å²) in [6, 6.07) is 8.87. The summed E-state index contributed by atoms with van der Waals surface area (Å²) in [6.07, 6.45) is 4.50. The van der Waals surface area contributed by atoms with Gasteiger partial charge >= 0.3 is 0 Å². The van der Waals surface area contributed by atoms with E-state index in [1.807, 2.05) is 7.05 Å². The average Bonchev–Trinajstić information content (AvgIpc) is 2.47. The average molecular weight is 293 g/mol. The van der Waals surface area contributed by atoms with E-state index in [4.69, 9.17) is 0 Å². The molecule has 4 atom stereocenters. The first-order valence-corrected chi connectivity index (χ1v) is 9.20. The first-order valence-electron chi connectivity index (χ1n) is 7.82. The van der Waals surface area contributed by atoms with Crippen molar-refractivity contribution in [1.29, 1.82) is 0 Å². The minimum absolute atomic E-state index is 0.241. The first kappa shape index (κ1) is 15.7. The van der Waals surface area contributed by atoms with E-state index >= 15 is 0 Å². The summed E-state index contributed by atoms with van der Waals surface area (Å²) in [5.41, 5.74) is 2.77. The minimum Gasteiger partial charge on any atom is -0.312 e. The van der Waals surface area contributed by atoms with Gasteiger partial charge in [0.15, 0.2) is 0 Å². The summed E-state index contributed by atoms with van der Waals surface area (Å²) in [5, 5.41) is 3.66. The van der Waals surface area contributed by atoms with Crippen molar-refractivity contribution in [2.24, 2.45) is 0 Å². The molecule has 0 fully saturated rings. The summed E-state index contributed by atoms with van der Waals surface area (Å²) in [6.45, 7) is 4.46. The van der Waals surface area contributed by atoms with Crippen molar-refractivity contribution in [3.05, 3.63) is 35.4 Å². The SMILES string of the molecule is CCCCCS(=O)C1CC(C)c2ccccc2C1NC. The van der Waals surface area contributed by atoms with Crippen molar-refractivity contribution in [3.8, 4) is 0 Å². The van der Waals surface area contributed by atoms with Crippen LogP contribution >= 0.6 is 0 Å². The second-order valence-corrected chi connectivity index (χ2v) is 7.64. The molecule has 1 aliphatic carbocycles. The molecule has 0 amide bonds. The molecule has 1 aromatic carbocycles. The number of benzene rings is 1. The maximum absolute atomic E-state index is 12.7. The molecule has 2 rings (SSSR count). The Morgan fingerprint density at radius 2 is 1.95 bits per heavy atom. The van der Waals surface area contributed by atoms with Gasteiger partial charge in [-0.1, -0.05) is 51.0 Å². The van der Waals surface area contributed by atoms with E-state index in [2.05, 4.69) is 43.4 Å². The molecule has 20 heavy (non-hydrogen) atoms. The second kappa shape index (κ2) is 7.37. The van der Waals surface area contributed by atoms with E-state index in [1.165, 1.54) is 24.0 Å². The Morgan fingerprint density at radius 1 is 1.25 bits per heavy atom. The van der Waals surface area contributed by atoms with Gasteiger partial charge in [-0.15, -0.1) is 0 Å². The van der Waals surface area contributed by atoms with E-state index in [-0.39, 0.29) is 11.3 Å². The normalized spacial score (nSPS) is 27.1. The summed E-state index contributed by atoms with van der Waals surface area (Å²) in [5.74, 6) is 1.36. The van der Waals surface area contributed by atoms with Crippen molar-refractivity contribution in [3.63, 3.8) is 0 Å². The molecule has 0 aliphatic heterocycles. The zero-order valence-corrected chi connectivity index (χ0v) is 13.7. The molecule has 0 saturated heterocycles. The Kier molecular flexibility index (Phi) is 5.79. The van der Waals surface area contributed by atoms with Crippen LogP contribution in [0.5, 0.6) is 0 Å². The van der Waals surface area contributed by atoms with Crippen molar-refractivity contribution in [1.82, 2.24) is 5.32 Å². The molecular formula is C17H27NOS. The predicted octanol–water partition coefficient (Wildman–Crippen LogP) is 3.76. The number of nitrogens with one attached hydrogen (secondary N) is 1. The summed E-state index contributed by atoms with van der Waals surface area (Å²) in [7, 11) is 1.27. The van der Waals surface area contributed by atoms with Crippen LogP contribution < -0.4 is 5.32 Å². The van der Waals surface area contributed by atoms with E-state index in [9.17, 15) is 4.21 Å². The van der Waals surface area contributed by atoms with Crippen LogP contribution in [0.1, 0.15) is 62.6 Å². The molecule has 1 aromatic rings. The number of unbranched alkanes of at least 4 members (excludes halogenated alkanes) is 2. The molecular weight excluding hydrogens is 266 g/mol. The third kappa shape index (κ3) is 3.32. The molecule has 4 unspecified atom stereocenters. The first-order chi connectivity index (χ1) is 9.69. The van der Waals surface area contributed by atoms with Crippen LogP contribution in [0.2, 0.25) is 0 Å². The molecule has 0 bridgehead atoms. The topological polar surface area (TPSA) is 29.1 Å². The largest absolute Gasteiger partial charge is 0.312 e. The van der Waals surface area contributed by atoms with Gasteiger partial charge in [-0.2, -0.15) is 0 Å².